The molecule has 0 aliphatic rings. The molecule has 0 amide bonds. The van der Waals surface area contributed by atoms with Gasteiger partial charge in [0.05, 0.1) is 10.6 Å². The van der Waals surface area contributed by atoms with Gasteiger partial charge in [-0.3, -0.25) is 0 Å². The molecule has 1 rings (SSSR count). The van der Waals surface area contributed by atoms with Crippen LogP contribution in [0.1, 0.15) is 33.3 Å². The van der Waals surface area contributed by atoms with E-state index in [-0.39, 0.29) is 5.02 Å². The minimum Gasteiger partial charge on any atom is -0.479 e. The largest absolute Gasteiger partial charge is 0.479 e. The van der Waals surface area contributed by atoms with Crippen molar-refractivity contribution in [3.8, 4) is 11.8 Å². The van der Waals surface area contributed by atoms with Crippen molar-refractivity contribution < 1.29 is 14.3 Å². The van der Waals surface area contributed by atoms with Crippen molar-refractivity contribution in [3.05, 3.63) is 28.8 Å². The maximum atomic E-state index is 11.7. The third-order valence-electron chi connectivity index (χ3n) is 2.11. The van der Waals surface area contributed by atoms with Crippen LogP contribution in [0.5, 0.6) is 5.75 Å². The van der Waals surface area contributed by atoms with Gasteiger partial charge in [0.15, 0.2) is 6.10 Å². The number of rotatable bonds is 3. The number of hydrogen-bond donors (Lipinski definition) is 0. The van der Waals surface area contributed by atoms with E-state index in [4.69, 9.17) is 26.3 Å². The summed E-state index contributed by atoms with van der Waals surface area (Å²) in [4.78, 5) is 11.7. The molecule has 0 radical (unpaired) electrons. The third-order valence-corrected chi connectivity index (χ3v) is 2.43. The molecule has 0 aliphatic carbocycles. The van der Waals surface area contributed by atoms with Crippen LogP contribution in [0.25, 0.3) is 0 Å². The molecule has 0 aliphatic heterocycles. The second kappa shape index (κ2) is 5.94. The number of nitrogens with zero attached hydrogens (tertiary/aromatic N) is 1. The molecule has 1 atom stereocenters. The summed E-state index contributed by atoms with van der Waals surface area (Å²) in [5.41, 5.74) is -0.198. The van der Waals surface area contributed by atoms with E-state index in [1.54, 1.807) is 39.8 Å². The minimum atomic E-state index is -0.747. The number of carbonyl (C=O) groups is 1. The Morgan fingerprint density at radius 1 is 1.42 bits per heavy atom. The van der Waals surface area contributed by atoms with Crippen molar-refractivity contribution in [1.29, 1.82) is 5.26 Å². The van der Waals surface area contributed by atoms with Crippen molar-refractivity contribution in [3.63, 3.8) is 0 Å². The molecular formula is C14H16ClNO3. The zero-order chi connectivity index (χ0) is 14.6. The van der Waals surface area contributed by atoms with Gasteiger partial charge < -0.3 is 9.47 Å². The lowest BCUT2D eigenvalue weighted by atomic mass is 10.2. The van der Waals surface area contributed by atoms with Crippen molar-refractivity contribution in [1.82, 2.24) is 0 Å². The number of hydrogen-bond acceptors (Lipinski definition) is 4. The molecule has 1 aromatic rings. The second-order valence-corrected chi connectivity index (χ2v) is 5.45. The number of benzene rings is 1. The SMILES string of the molecule is CC(Oc1ccc(C#N)c(Cl)c1)C(=O)OC(C)(C)C. The molecule has 0 saturated heterocycles. The van der Waals surface area contributed by atoms with Crippen LogP contribution in [0, 0.1) is 11.3 Å². The number of halogens is 1. The Hall–Kier alpha value is -1.73. The monoisotopic (exact) mass is 281 g/mol. The molecule has 0 fully saturated rings. The normalized spacial score (nSPS) is 12.4. The molecule has 0 saturated carbocycles. The highest BCUT2D eigenvalue weighted by Gasteiger charge is 2.23. The van der Waals surface area contributed by atoms with Gasteiger partial charge >= 0.3 is 5.97 Å². The Bertz CT molecular complexity index is 514. The van der Waals surface area contributed by atoms with Gasteiger partial charge in [0.25, 0.3) is 0 Å². The average molecular weight is 282 g/mol. The molecule has 0 aromatic heterocycles. The summed E-state index contributed by atoms with van der Waals surface area (Å²) >= 11 is 5.88. The molecule has 19 heavy (non-hydrogen) atoms. The lowest BCUT2D eigenvalue weighted by molar-refractivity contribution is -0.162. The molecule has 102 valence electrons. The molecule has 5 heteroatoms. The first kappa shape index (κ1) is 15.3. The Morgan fingerprint density at radius 3 is 2.53 bits per heavy atom. The standard InChI is InChI=1S/C14H16ClNO3/c1-9(13(17)19-14(2,3)4)18-11-6-5-10(8-16)12(15)7-11/h5-7,9H,1-4H3. The van der Waals surface area contributed by atoms with Gasteiger partial charge in [0, 0.05) is 6.07 Å². The summed E-state index contributed by atoms with van der Waals surface area (Å²) in [6.07, 6.45) is -0.747. The maximum absolute atomic E-state index is 11.7. The third kappa shape index (κ3) is 4.80. The van der Waals surface area contributed by atoms with E-state index in [9.17, 15) is 4.79 Å². The van der Waals surface area contributed by atoms with E-state index in [0.717, 1.165) is 0 Å². The van der Waals surface area contributed by atoms with Crippen LogP contribution in [-0.4, -0.2) is 17.7 Å². The van der Waals surface area contributed by atoms with Gasteiger partial charge in [-0.25, -0.2) is 4.79 Å². The molecule has 0 bridgehead atoms. The molecule has 1 unspecified atom stereocenters. The fraction of sp³-hybridized carbons (Fsp3) is 0.429. The quantitative estimate of drug-likeness (QED) is 0.798. The molecule has 0 N–H and O–H groups in total. The lowest BCUT2D eigenvalue weighted by Crippen LogP contribution is -2.33. The van der Waals surface area contributed by atoms with Crippen molar-refractivity contribution >= 4 is 17.6 Å². The van der Waals surface area contributed by atoms with Crippen molar-refractivity contribution in [2.75, 3.05) is 0 Å². The van der Waals surface area contributed by atoms with Crippen molar-refractivity contribution in [2.45, 2.75) is 39.4 Å². The van der Waals surface area contributed by atoms with Gasteiger partial charge in [-0.05, 0) is 39.8 Å². The molecule has 0 spiro atoms. The minimum absolute atomic E-state index is 0.288. The zero-order valence-electron chi connectivity index (χ0n) is 11.4. The summed E-state index contributed by atoms with van der Waals surface area (Å²) < 4.78 is 10.6. The van der Waals surface area contributed by atoms with Gasteiger partial charge in [-0.2, -0.15) is 5.26 Å². The number of ether oxygens (including phenoxy) is 2. The van der Waals surface area contributed by atoms with Crippen LogP contribution in [0.15, 0.2) is 18.2 Å². The van der Waals surface area contributed by atoms with E-state index >= 15 is 0 Å². The van der Waals surface area contributed by atoms with Crippen LogP contribution >= 0.6 is 11.6 Å². The smallest absolute Gasteiger partial charge is 0.347 e. The highest BCUT2D eigenvalue weighted by atomic mass is 35.5. The fourth-order valence-corrected chi connectivity index (χ4v) is 1.51. The summed E-state index contributed by atoms with van der Waals surface area (Å²) in [6.45, 7) is 6.96. The number of nitriles is 1. The second-order valence-electron chi connectivity index (χ2n) is 5.05. The van der Waals surface area contributed by atoms with Gasteiger partial charge in [-0.1, -0.05) is 11.6 Å². The highest BCUT2D eigenvalue weighted by Crippen LogP contribution is 2.23. The summed E-state index contributed by atoms with van der Waals surface area (Å²) in [5.74, 6) is -0.0321. The van der Waals surface area contributed by atoms with Crippen LogP contribution < -0.4 is 4.74 Å². The molecule has 0 heterocycles. The van der Waals surface area contributed by atoms with Crippen LogP contribution in [0.3, 0.4) is 0 Å². The highest BCUT2D eigenvalue weighted by molar-refractivity contribution is 6.31. The van der Waals surface area contributed by atoms with Crippen LogP contribution in [0.2, 0.25) is 5.02 Å². The Morgan fingerprint density at radius 2 is 2.05 bits per heavy atom. The van der Waals surface area contributed by atoms with Gasteiger partial charge in [-0.15, -0.1) is 0 Å². The fourth-order valence-electron chi connectivity index (χ4n) is 1.30. The molecule has 4 nitrogen and oxygen atoms in total. The number of carbonyl (C=O) groups excluding carboxylic acids is 1. The zero-order valence-corrected chi connectivity index (χ0v) is 12.1. The molecular weight excluding hydrogens is 266 g/mol. The Balaban J connectivity index is 2.72. The Labute approximate surface area is 117 Å². The van der Waals surface area contributed by atoms with Crippen LogP contribution in [0.4, 0.5) is 0 Å². The Kier molecular flexibility index (Phi) is 4.79. The maximum Gasteiger partial charge on any atom is 0.347 e. The predicted octanol–water partition coefficient (Wildman–Crippen LogP) is 3.32. The summed E-state index contributed by atoms with van der Waals surface area (Å²) in [7, 11) is 0. The average Bonchev–Trinajstić information content (AvgIpc) is 2.27. The predicted molar refractivity (Wildman–Crippen MR) is 72.1 cm³/mol. The summed E-state index contributed by atoms with van der Waals surface area (Å²) in [5, 5.41) is 9.05. The number of esters is 1. The van der Waals surface area contributed by atoms with E-state index < -0.39 is 17.7 Å². The van der Waals surface area contributed by atoms with E-state index in [0.29, 0.717) is 11.3 Å². The van der Waals surface area contributed by atoms with E-state index in [1.807, 2.05) is 6.07 Å². The molecule has 1 aromatic carbocycles. The van der Waals surface area contributed by atoms with Gasteiger partial charge in [0.2, 0.25) is 0 Å². The first-order chi connectivity index (χ1) is 8.73. The lowest BCUT2D eigenvalue weighted by Gasteiger charge is -2.22. The topological polar surface area (TPSA) is 59.3 Å². The van der Waals surface area contributed by atoms with E-state index in [2.05, 4.69) is 0 Å². The van der Waals surface area contributed by atoms with Crippen molar-refractivity contribution in [2.24, 2.45) is 0 Å². The summed E-state index contributed by atoms with van der Waals surface area (Å²) in [6, 6.07) is 6.58. The van der Waals surface area contributed by atoms with E-state index in [1.165, 1.54) is 6.07 Å². The van der Waals surface area contributed by atoms with Crippen LogP contribution in [-0.2, 0) is 9.53 Å². The van der Waals surface area contributed by atoms with Gasteiger partial charge in [0.1, 0.15) is 17.4 Å². The first-order valence-corrected chi connectivity index (χ1v) is 6.20. The first-order valence-electron chi connectivity index (χ1n) is 5.82.